The molecule has 8 aromatic carbocycles. The Hall–Kier alpha value is -7.16. The molecule has 2 heteroatoms. The van der Waals surface area contributed by atoms with Crippen LogP contribution in [0.1, 0.15) is 63.8 Å². The lowest BCUT2D eigenvalue weighted by Gasteiger charge is -2.27. The molecule has 0 unspecified atom stereocenters. The molecule has 9 aromatic rings. The van der Waals surface area contributed by atoms with E-state index in [1.165, 1.54) is 66.8 Å². The van der Waals surface area contributed by atoms with Crippen molar-refractivity contribution in [2.45, 2.75) is 52.4 Å². The van der Waals surface area contributed by atoms with Gasteiger partial charge in [-0.25, -0.2) is 0 Å². The van der Waals surface area contributed by atoms with Gasteiger partial charge in [-0.05, 0) is 129 Å². The molecular weight excluding hydrogens is 751 g/mol. The SMILES string of the molecule is CC=C1C(=CC)C(C)(C)c2c1cccc2-c1ccc(N(c2ccc(-c3cccc4c3C(C)(C)c3ccccc3-4)cc2)c2ccc(-c3cccc4c3oc3ccccc34)cc2)cc1. The summed E-state index contributed by atoms with van der Waals surface area (Å²) in [7, 11) is 0. The molecule has 0 fully saturated rings. The molecule has 2 nitrogen and oxygen atoms in total. The summed E-state index contributed by atoms with van der Waals surface area (Å²) in [5.74, 6) is 0. The third kappa shape index (κ3) is 5.63. The third-order valence-corrected chi connectivity index (χ3v) is 13.8. The summed E-state index contributed by atoms with van der Waals surface area (Å²) in [6, 6.07) is 64.5. The number of rotatable bonds is 6. The highest BCUT2D eigenvalue weighted by Gasteiger charge is 2.40. The minimum atomic E-state index is -0.0969. The van der Waals surface area contributed by atoms with E-state index in [1.807, 2.05) is 12.1 Å². The Morgan fingerprint density at radius 2 is 0.871 bits per heavy atom. The summed E-state index contributed by atoms with van der Waals surface area (Å²) >= 11 is 0. The number of para-hydroxylation sites is 2. The Kier molecular flexibility index (Phi) is 8.67. The lowest BCUT2D eigenvalue weighted by Crippen LogP contribution is -2.16. The molecule has 0 saturated heterocycles. The summed E-state index contributed by atoms with van der Waals surface area (Å²) < 4.78 is 6.46. The van der Waals surface area contributed by atoms with Gasteiger partial charge in [0.15, 0.2) is 0 Å². The Morgan fingerprint density at radius 3 is 1.48 bits per heavy atom. The van der Waals surface area contributed by atoms with Gasteiger partial charge in [0, 0.05) is 44.2 Å². The number of nitrogens with zero attached hydrogens (tertiary/aromatic N) is 1. The van der Waals surface area contributed by atoms with Gasteiger partial charge in [-0.2, -0.15) is 0 Å². The third-order valence-electron chi connectivity index (χ3n) is 13.8. The number of allylic oxidation sites excluding steroid dienone is 4. The van der Waals surface area contributed by atoms with Crippen molar-refractivity contribution in [2.24, 2.45) is 0 Å². The fraction of sp³-hybridized carbons (Fsp3) is 0.133. The molecule has 0 amide bonds. The number of furan rings is 1. The fourth-order valence-corrected chi connectivity index (χ4v) is 11.0. The minimum Gasteiger partial charge on any atom is -0.455 e. The van der Waals surface area contributed by atoms with E-state index in [9.17, 15) is 0 Å². The molecule has 62 heavy (non-hydrogen) atoms. The number of anilines is 3. The van der Waals surface area contributed by atoms with Crippen LogP contribution in [0, 0.1) is 0 Å². The molecule has 0 aliphatic heterocycles. The van der Waals surface area contributed by atoms with Gasteiger partial charge in [0.2, 0.25) is 0 Å². The average Bonchev–Trinajstić information content (AvgIpc) is 3.89. The molecule has 0 N–H and O–H groups in total. The number of fused-ring (bicyclic) bond motifs is 7. The number of hydrogen-bond acceptors (Lipinski definition) is 2. The Bertz CT molecular complexity index is 3280. The smallest absolute Gasteiger partial charge is 0.143 e. The van der Waals surface area contributed by atoms with E-state index in [1.54, 1.807) is 0 Å². The van der Waals surface area contributed by atoms with Crippen LogP contribution in [-0.2, 0) is 10.8 Å². The lowest BCUT2D eigenvalue weighted by atomic mass is 9.79. The topological polar surface area (TPSA) is 16.4 Å². The molecule has 0 bridgehead atoms. The molecule has 0 spiro atoms. The quantitative estimate of drug-likeness (QED) is 0.167. The normalized spacial score (nSPS) is 15.9. The van der Waals surface area contributed by atoms with Crippen LogP contribution in [0.3, 0.4) is 0 Å². The highest BCUT2D eigenvalue weighted by molar-refractivity contribution is 6.09. The van der Waals surface area contributed by atoms with Crippen LogP contribution in [0.2, 0.25) is 0 Å². The van der Waals surface area contributed by atoms with E-state index in [-0.39, 0.29) is 10.8 Å². The lowest BCUT2D eigenvalue weighted by molar-refractivity contribution is 0.661. The van der Waals surface area contributed by atoms with Crippen LogP contribution in [0.4, 0.5) is 17.1 Å². The van der Waals surface area contributed by atoms with E-state index >= 15 is 0 Å². The summed E-state index contributed by atoms with van der Waals surface area (Å²) in [4.78, 5) is 2.38. The van der Waals surface area contributed by atoms with Crippen LogP contribution < -0.4 is 4.90 Å². The molecule has 0 radical (unpaired) electrons. The maximum Gasteiger partial charge on any atom is 0.143 e. The zero-order chi connectivity index (χ0) is 42.3. The molecule has 2 aliphatic carbocycles. The second-order valence-electron chi connectivity index (χ2n) is 17.9. The molecule has 11 rings (SSSR count). The van der Waals surface area contributed by atoms with Gasteiger partial charge in [0.05, 0.1) is 0 Å². The van der Waals surface area contributed by atoms with Gasteiger partial charge < -0.3 is 9.32 Å². The van der Waals surface area contributed by atoms with Gasteiger partial charge in [0.25, 0.3) is 0 Å². The van der Waals surface area contributed by atoms with Crippen molar-refractivity contribution in [2.75, 3.05) is 4.90 Å². The first-order valence-electron chi connectivity index (χ1n) is 21.9. The van der Waals surface area contributed by atoms with Gasteiger partial charge >= 0.3 is 0 Å². The molecular formula is C60H49NO. The Morgan fingerprint density at radius 1 is 0.403 bits per heavy atom. The van der Waals surface area contributed by atoms with E-state index in [2.05, 4.69) is 222 Å². The average molecular weight is 800 g/mol. The van der Waals surface area contributed by atoms with Gasteiger partial charge in [0.1, 0.15) is 11.2 Å². The van der Waals surface area contributed by atoms with Crippen molar-refractivity contribution in [3.8, 4) is 44.5 Å². The molecule has 0 atom stereocenters. The minimum absolute atomic E-state index is 0.0969. The van der Waals surface area contributed by atoms with E-state index < -0.39 is 0 Å². The predicted molar refractivity (Wildman–Crippen MR) is 263 cm³/mol. The van der Waals surface area contributed by atoms with Crippen LogP contribution in [0.15, 0.2) is 198 Å². The molecule has 1 heterocycles. The Balaban J connectivity index is 1.01. The largest absolute Gasteiger partial charge is 0.455 e. The maximum atomic E-state index is 6.46. The zero-order valence-corrected chi connectivity index (χ0v) is 36.3. The van der Waals surface area contributed by atoms with Crippen molar-refractivity contribution in [1.82, 2.24) is 0 Å². The van der Waals surface area contributed by atoms with Crippen molar-refractivity contribution in [3.05, 3.63) is 216 Å². The second-order valence-corrected chi connectivity index (χ2v) is 17.9. The molecule has 2 aliphatic rings. The van der Waals surface area contributed by atoms with E-state index in [4.69, 9.17) is 4.42 Å². The highest BCUT2D eigenvalue weighted by atomic mass is 16.3. The van der Waals surface area contributed by atoms with Crippen LogP contribution in [0.25, 0.3) is 72.0 Å². The maximum absolute atomic E-state index is 6.46. The zero-order valence-electron chi connectivity index (χ0n) is 36.3. The van der Waals surface area contributed by atoms with Crippen LogP contribution in [0.5, 0.6) is 0 Å². The van der Waals surface area contributed by atoms with Crippen molar-refractivity contribution < 1.29 is 4.42 Å². The summed E-state index contributed by atoms with van der Waals surface area (Å²) in [5, 5.41) is 2.28. The number of hydrogen-bond donors (Lipinski definition) is 0. The van der Waals surface area contributed by atoms with E-state index in [0.29, 0.717) is 0 Å². The van der Waals surface area contributed by atoms with Gasteiger partial charge in [-0.15, -0.1) is 0 Å². The standard InChI is InChI=1S/C60H49NO/c1-7-44-50-21-13-18-45(56(50)59(3,4)53(44)8-2)38-26-32-41(33-27-38)61(43-36-30-40(31-37-43)47-20-15-23-52-49-17-10-12-25-55(49)62-58(47)52)42-34-28-39(29-35-42)46-19-14-22-51-48-16-9-11-24-54(48)60(5,6)57(46)51/h7-37H,1-6H3. The predicted octanol–water partition coefficient (Wildman–Crippen LogP) is 17.0. The number of benzene rings is 8. The molecule has 300 valence electrons. The van der Waals surface area contributed by atoms with Crippen molar-refractivity contribution in [1.29, 1.82) is 0 Å². The second kappa shape index (κ2) is 14.2. The summed E-state index contributed by atoms with van der Waals surface area (Å²) in [6.45, 7) is 13.8. The monoisotopic (exact) mass is 799 g/mol. The summed E-state index contributed by atoms with van der Waals surface area (Å²) in [6.07, 6.45) is 4.56. The van der Waals surface area contributed by atoms with Gasteiger partial charge in [-0.1, -0.05) is 173 Å². The van der Waals surface area contributed by atoms with Crippen LogP contribution in [-0.4, -0.2) is 0 Å². The van der Waals surface area contributed by atoms with Crippen molar-refractivity contribution >= 4 is 44.6 Å². The van der Waals surface area contributed by atoms with Crippen molar-refractivity contribution in [3.63, 3.8) is 0 Å². The first kappa shape index (κ1) is 37.8. The highest BCUT2D eigenvalue weighted by Crippen LogP contribution is 2.54. The first-order valence-corrected chi connectivity index (χ1v) is 21.9. The summed E-state index contributed by atoms with van der Waals surface area (Å²) in [5.41, 5.74) is 23.1. The molecule has 1 aromatic heterocycles. The Labute approximate surface area is 365 Å². The van der Waals surface area contributed by atoms with Gasteiger partial charge in [-0.3, -0.25) is 0 Å². The van der Waals surface area contributed by atoms with E-state index in [0.717, 1.165) is 50.1 Å². The van der Waals surface area contributed by atoms with Crippen LogP contribution >= 0.6 is 0 Å². The molecule has 0 saturated carbocycles. The first-order chi connectivity index (χ1) is 30.2. The fourth-order valence-electron chi connectivity index (χ4n) is 11.0.